The van der Waals surface area contributed by atoms with Crippen LogP contribution in [-0.2, 0) is 4.79 Å². The highest BCUT2D eigenvalue weighted by atomic mass is 79.9. The third-order valence-electron chi connectivity index (χ3n) is 2.65. The number of nitrogens with one attached hydrogen (secondary N) is 2. The molecule has 2 amide bonds. The number of carbonyl (C=O) groups excluding carboxylic acids is 2. The molecule has 0 aliphatic carbocycles. The van der Waals surface area contributed by atoms with Crippen molar-refractivity contribution in [3.05, 3.63) is 34.3 Å². The van der Waals surface area contributed by atoms with Crippen LogP contribution in [0.25, 0.3) is 0 Å². The molecule has 0 aliphatic heterocycles. The molecule has 20 heavy (non-hydrogen) atoms. The summed E-state index contributed by atoms with van der Waals surface area (Å²) in [5, 5.41) is 13.9. The fraction of sp³-hybridized carbons (Fsp3) is 0.429. The quantitative estimate of drug-likeness (QED) is 0.626. The molecule has 1 aromatic carbocycles. The Morgan fingerprint density at radius 3 is 2.65 bits per heavy atom. The molecule has 0 fully saturated rings. The van der Waals surface area contributed by atoms with Crippen LogP contribution >= 0.6 is 15.9 Å². The number of amides is 2. The number of unbranched alkanes of at least 4 members (excludes halogenated alkanes) is 2. The molecule has 1 rings (SSSR count). The second kappa shape index (κ2) is 9.50. The number of halogens is 1. The summed E-state index contributed by atoms with van der Waals surface area (Å²) in [4.78, 5) is 23.3. The lowest BCUT2D eigenvalue weighted by Gasteiger charge is -2.07. The predicted octanol–water partition coefficient (Wildman–Crippen LogP) is 1.46. The Bertz CT molecular complexity index is 452. The molecule has 5 nitrogen and oxygen atoms in total. The predicted molar refractivity (Wildman–Crippen MR) is 80.4 cm³/mol. The first-order chi connectivity index (χ1) is 9.63. The number of benzene rings is 1. The minimum Gasteiger partial charge on any atom is -0.396 e. The van der Waals surface area contributed by atoms with Crippen molar-refractivity contribution in [3.8, 4) is 0 Å². The molecule has 0 atom stereocenters. The molecule has 6 heteroatoms. The molecule has 0 saturated carbocycles. The minimum atomic E-state index is -0.276. The zero-order valence-corrected chi connectivity index (χ0v) is 12.8. The Labute approximate surface area is 126 Å². The van der Waals surface area contributed by atoms with Crippen molar-refractivity contribution in [1.29, 1.82) is 0 Å². The molecule has 3 N–H and O–H groups in total. The van der Waals surface area contributed by atoms with E-state index in [0.29, 0.717) is 12.1 Å². The smallest absolute Gasteiger partial charge is 0.251 e. The maximum atomic E-state index is 11.8. The number of aliphatic hydroxyl groups excluding tert-OH is 1. The van der Waals surface area contributed by atoms with Gasteiger partial charge in [0.05, 0.1) is 6.54 Å². The molecule has 0 aliphatic rings. The van der Waals surface area contributed by atoms with E-state index in [9.17, 15) is 9.59 Å². The van der Waals surface area contributed by atoms with E-state index in [1.807, 2.05) is 6.07 Å². The largest absolute Gasteiger partial charge is 0.396 e. The maximum absolute atomic E-state index is 11.8. The first kappa shape index (κ1) is 16.7. The van der Waals surface area contributed by atoms with E-state index in [2.05, 4.69) is 26.6 Å². The lowest BCUT2D eigenvalue weighted by molar-refractivity contribution is -0.120. The second-order valence-electron chi connectivity index (χ2n) is 4.33. The van der Waals surface area contributed by atoms with E-state index in [0.717, 1.165) is 23.7 Å². The molecule has 0 radical (unpaired) electrons. The number of carbonyl (C=O) groups is 2. The maximum Gasteiger partial charge on any atom is 0.251 e. The minimum absolute atomic E-state index is 0.0364. The molecule has 0 saturated heterocycles. The van der Waals surface area contributed by atoms with Gasteiger partial charge in [0.1, 0.15) is 0 Å². The lowest BCUT2D eigenvalue weighted by atomic mass is 10.2. The van der Waals surface area contributed by atoms with Crippen LogP contribution in [0.4, 0.5) is 0 Å². The molecule has 1 aromatic rings. The van der Waals surface area contributed by atoms with Crippen LogP contribution in [-0.4, -0.2) is 36.6 Å². The Balaban J connectivity index is 2.22. The number of rotatable bonds is 8. The SMILES string of the molecule is O=C(CNC(=O)c1cccc(Br)c1)NCCCCCO. The van der Waals surface area contributed by atoms with Crippen molar-refractivity contribution in [2.45, 2.75) is 19.3 Å². The molecule has 0 spiro atoms. The molecule has 0 heterocycles. The van der Waals surface area contributed by atoms with Crippen molar-refractivity contribution in [3.63, 3.8) is 0 Å². The highest BCUT2D eigenvalue weighted by molar-refractivity contribution is 9.10. The van der Waals surface area contributed by atoms with Gasteiger partial charge in [-0.3, -0.25) is 9.59 Å². The fourth-order valence-corrected chi connectivity index (χ4v) is 2.00. The van der Waals surface area contributed by atoms with Gasteiger partial charge >= 0.3 is 0 Å². The highest BCUT2D eigenvalue weighted by Crippen LogP contribution is 2.11. The topological polar surface area (TPSA) is 78.4 Å². The van der Waals surface area contributed by atoms with Crippen LogP contribution in [0.3, 0.4) is 0 Å². The number of aliphatic hydroxyl groups is 1. The molecule has 0 unspecified atom stereocenters. The monoisotopic (exact) mass is 342 g/mol. The van der Waals surface area contributed by atoms with Crippen molar-refractivity contribution >= 4 is 27.7 Å². The Hall–Kier alpha value is -1.40. The van der Waals surface area contributed by atoms with E-state index >= 15 is 0 Å². The van der Waals surface area contributed by atoms with Crippen molar-refractivity contribution in [2.24, 2.45) is 0 Å². The zero-order chi connectivity index (χ0) is 14.8. The van der Waals surface area contributed by atoms with E-state index in [-0.39, 0.29) is 25.0 Å². The molecule has 110 valence electrons. The van der Waals surface area contributed by atoms with Gasteiger partial charge in [-0.2, -0.15) is 0 Å². The van der Waals surface area contributed by atoms with E-state index in [1.54, 1.807) is 18.2 Å². The van der Waals surface area contributed by atoms with Gasteiger partial charge in [-0.25, -0.2) is 0 Å². The Morgan fingerprint density at radius 1 is 1.15 bits per heavy atom. The summed E-state index contributed by atoms with van der Waals surface area (Å²) in [7, 11) is 0. The molecular formula is C14H19BrN2O3. The molecule has 0 bridgehead atoms. The van der Waals surface area contributed by atoms with Gasteiger partial charge in [-0.1, -0.05) is 22.0 Å². The summed E-state index contributed by atoms with van der Waals surface area (Å²) in [6, 6.07) is 6.98. The van der Waals surface area contributed by atoms with Gasteiger partial charge in [0, 0.05) is 23.2 Å². The lowest BCUT2D eigenvalue weighted by Crippen LogP contribution is -2.37. The van der Waals surface area contributed by atoms with Gasteiger partial charge in [0.15, 0.2) is 0 Å². The Kier molecular flexibility index (Phi) is 7.91. The summed E-state index contributed by atoms with van der Waals surface area (Å²) in [6.45, 7) is 0.702. The van der Waals surface area contributed by atoms with Gasteiger partial charge in [-0.15, -0.1) is 0 Å². The van der Waals surface area contributed by atoms with E-state index in [1.165, 1.54) is 0 Å². The fourth-order valence-electron chi connectivity index (χ4n) is 1.60. The van der Waals surface area contributed by atoms with Crippen LogP contribution in [0.15, 0.2) is 28.7 Å². The Morgan fingerprint density at radius 2 is 1.95 bits per heavy atom. The standard InChI is InChI=1S/C14H19BrN2O3/c15-12-6-4-5-11(9-12)14(20)17-10-13(19)16-7-2-1-3-8-18/h4-6,9,18H,1-3,7-8,10H2,(H,16,19)(H,17,20). The van der Waals surface area contributed by atoms with Gasteiger partial charge in [0.25, 0.3) is 5.91 Å². The van der Waals surface area contributed by atoms with Crippen LogP contribution in [0.1, 0.15) is 29.6 Å². The number of hydrogen-bond donors (Lipinski definition) is 3. The average molecular weight is 343 g/mol. The van der Waals surface area contributed by atoms with Crippen molar-refractivity contribution in [1.82, 2.24) is 10.6 Å². The molecular weight excluding hydrogens is 324 g/mol. The van der Waals surface area contributed by atoms with Crippen LogP contribution < -0.4 is 10.6 Å². The zero-order valence-electron chi connectivity index (χ0n) is 11.2. The first-order valence-electron chi connectivity index (χ1n) is 6.55. The van der Waals surface area contributed by atoms with Gasteiger partial charge < -0.3 is 15.7 Å². The van der Waals surface area contributed by atoms with Gasteiger partial charge in [-0.05, 0) is 37.5 Å². The van der Waals surface area contributed by atoms with E-state index in [4.69, 9.17) is 5.11 Å². The highest BCUT2D eigenvalue weighted by Gasteiger charge is 2.07. The van der Waals surface area contributed by atoms with Crippen molar-refractivity contribution in [2.75, 3.05) is 19.7 Å². The summed E-state index contributed by atoms with van der Waals surface area (Å²) >= 11 is 3.29. The van der Waals surface area contributed by atoms with Gasteiger partial charge in [0.2, 0.25) is 5.91 Å². The third-order valence-corrected chi connectivity index (χ3v) is 3.15. The van der Waals surface area contributed by atoms with Crippen LogP contribution in [0, 0.1) is 0 Å². The van der Waals surface area contributed by atoms with E-state index < -0.39 is 0 Å². The molecule has 0 aromatic heterocycles. The first-order valence-corrected chi connectivity index (χ1v) is 7.34. The number of hydrogen-bond acceptors (Lipinski definition) is 3. The summed E-state index contributed by atoms with van der Waals surface area (Å²) < 4.78 is 0.818. The summed E-state index contributed by atoms with van der Waals surface area (Å²) in [5.74, 6) is -0.487. The van der Waals surface area contributed by atoms with Crippen LogP contribution in [0.2, 0.25) is 0 Å². The second-order valence-corrected chi connectivity index (χ2v) is 5.24. The average Bonchev–Trinajstić information content (AvgIpc) is 2.44. The summed E-state index contributed by atoms with van der Waals surface area (Å²) in [5.41, 5.74) is 0.509. The van der Waals surface area contributed by atoms with Crippen LogP contribution in [0.5, 0.6) is 0 Å². The van der Waals surface area contributed by atoms with Crippen molar-refractivity contribution < 1.29 is 14.7 Å². The summed E-state index contributed by atoms with van der Waals surface area (Å²) in [6.07, 6.45) is 2.45. The normalized spacial score (nSPS) is 10.1. The third kappa shape index (κ3) is 6.68.